The van der Waals surface area contributed by atoms with Crippen molar-refractivity contribution in [3.8, 4) is 11.5 Å². The minimum absolute atomic E-state index is 0.259. The van der Waals surface area contributed by atoms with Gasteiger partial charge in [-0.1, -0.05) is 36.8 Å². The molecule has 0 heterocycles. The maximum absolute atomic E-state index is 11.8. The van der Waals surface area contributed by atoms with Gasteiger partial charge in [0.1, 0.15) is 11.5 Å². The van der Waals surface area contributed by atoms with Crippen molar-refractivity contribution in [3.63, 3.8) is 0 Å². The number of aliphatic hydroxyl groups excluding tert-OH is 1. The molecule has 0 spiro atoms. The molecule has 0 aliphatic rings. The first kappa shape index (κ1) is 18.7. The second-order valence-electron chi connectivity index (χ2n) is 5.62. The first-order valence-corrected chi connectivity index (χ1v) is 8.56. The summed E-state index contributed by atoms with van der Waals surface area (Å²) in [5.41, 5.74) is 0.903. The Morgan fingerprint density at radius 3 is 2.32 bits per heavy atom. The molecule has 1 N–H and O–H groups in total. The zero-order valence-corrected chi connectivity index (χ0v) is 14.3. The van der Waals surface area contributed by atoms with Crippen LogP contribution in [0.3, 0.4) is 0 Å². The van der Waals surface area contributed by atoms with Crippen molar-refractivity contribution in [2.24, 2.45) is 0 Å². The predicted octanol–water partition coefficient (Wildman–Crippen LogP) is 4.24. The summed E-state index contributed by atoms with van der Waals surface area (Å²) in [6.45, 7) is 0.929. The van der Waals surface area contributed by atoms with Crippen molar-refractivity contribution < 1.29 is 19.4 Å². The molecule has 0 aromatic heterocycles. The van der Waals surface area contributed by atoms with Gasteiger partial charge in [-0.15, -0.1) is 0 Å². The number of carbonyl (C=O) groups excluding carboxylic acids is 1. The Morgan fingerprint density at radius 1 is 0.880 bits per heavy atom. The first-order chi connectivity index (χ1) is 12.3. The van der Waals surface area contributed by atoms with Crippen LogP contribution in [-0.4, -0.2) is 24.3 Å². The normalized spacial score (nSPS) is 10.8. The molecule has 0 atom stereocenters. The monoisotopic (exact) mass is 340 g/mol. The molecular formula is C21H24O4. The van der Waals surface area contributed by atoms with E-state index in [0.29, 0.717) is 12.4 Å². The van der Waals surface area contributed by atoms with Crippen molar-refractivity contribution in [3.05, 3.63) is 66.2 Å². The maximum Gasteiger partial charge on any atom is 0.336 e. The van der Waals surface area contributed by atoms with Gasteiger partial charge in [0.2, 0.25) is 0 Å². The van der Waals surface area contributed by atoms with Crippen molar-refractivity contribution >= 4 is 12.0 Å². The topological polar surface area (TPSA) is 55.8 Å². The summed E-state index contributed by atoms with van der Waals surface area (Å²) in [6, 6.07) is 16.5. The number of rotatable bonds is 10. The Hall–Kier alpha value is -2.59. The third kappa shape index (κ3) is 7.68. The van der Waals surface area contributed by atoms with Crippen LogP contribution in [0.2, 0.25) is 0 Å². The zero-order valence-electron chi connectivity index (χ0n) is 14.3. The molecule has 25 heavy (non-hydrogen) atoms. The molecule has 2 aromatic carbocycles. The fraction of sp³-hybridized carbons (Fsp3) is 0.286. The van der Waals surface area contributed by atoms with E-state index in [1.165, 1.54) is 6.08 Å². The summed E-state index contributed by atoms with van der Waals surface area (Å²) in [7, 11) is 0. The summed E-state index contributed by atoms with van der Waals surface area (Å²) < 4.78 is 10.9. The number of benzene rings is 2. The Bertz CT molecular complexity index is 647. The number of para-hydroxylation sites is 1. The molecule has 0 amide bonds. The summed E-state index contributed by atoms with van der Waals surface area (Å²) in [4.78, 5) is 11.8. The number of ether oxygens (including phenoxy) is 2. The number of hydrogen-bond donors (Lipinski definition) is 1. The van der Waals surface area contributed by atoms with Gasteiger partial charge in [-0.2, -0.15) is 0 Å². The van der Waals surface area contributed by atoms with Crippen LogP contribution in [0.25, 0.3) is 6.08 Å². The summed E-state index contributed by atoms with van der Waals surface area (Å²) in [6.07, 6.45) is 7.04. The van der Waals surface area contributed by atoms with Crippen LogP contribution in [0.15, 0.2) is 60.7 Å². The highest BCUT2D eigenvalue weighted by molar-refractivity contribution is 5.88. The molecule has 0 saturated heterocycles. The second kappa shape index (κ2) is 11.0. The number of carbonyl (C=O) groups is 1. The Balaban J connectivity index is 1.73. The van der Waals surface area contributed by atoms with Crippen LogP contribution in [0.5, 0.6) is 11.5 Å². The number of esters is 1. The molecule has 0 radical (unpaired) electrons. The molecule has 0 unspecified atom stereocenters. The molecule has 132 valence electrons. The minimum atomic E-state index is -0.408. The van der Waals surface area contributed by atoms with E-state index in [4.69, 9.17) is 14.6 Å². The van der Waals surface area contributed by atoms with Gasteiger partial charge in [0.05, 0.1) is 6.61 Å². The SMILES string of the molecule is O=C(/C=C/c1ccc(OCCCCCCO)cc1)Oc1ccccc1. The third-order valence-electron chi connectivity index (χ3n) is 3.57. The van der Waals surface area contributed by atoms with Gasteiger partial charge in [-0.3, -0.25) is 0 Å². The van der Waals surface area contributed by atoms with Gasteiger partial charge in [-0.05, 0) is 55.2 Å². The first-order valence-electron chi connectivity index (χ1n) is 8.56. The number of hydrogen-bond acceptors (Lipinski definition) is 4. The zero-order chi connectivity index (χ0) is 17.7. The van der Waals surface area contributed by atoms with Crippen LogP contribution < -0.4 is 9.47 Å². The Morgan fingerprint density at radius 2 is 1.60 bits per heavy atom. The number of aliphatic hydroxyl groups is 1. The lowest BCUT2D eigenvalue weighted by atomic mass is 10.2. The van der Waals surface area contributed by atoms with E-state index in [0.717, 1.165) is 37.0 Å². The van der Waals surface area contributed by atoms with Crippen molar-refractivity contribution in [1.82, 2.24) is 0 Å². The van der Waals surface area contributed by atoms with Crippen LogP contribution in [-0.2, 0) is 4.79 Å². The molecule has 0 aliphatic carbocycles. The standard InChI is InChI=1S/C21H24O4/c22-16-6-1-2-7-17-24-19-13-10-18(11-14-19)12-15-21(23)25-20-8-4-3-5-9-20/h3-5,8-15,22H,1-2,6-7,16-17H2/b15-12+. The highest BCUT2D eigenvalue weighted by atomic mass is 16.5. The average Bonchev–Trinajstić information content (AvgIpc) is 2.65. The van der Waals surface area contributed by atoms with E-state index >= 15 is 0 Å². The molecule has 0 fully saturated rings. The molecule has 0 saturated carbocycles. The van der Waals surface area contributed by atoms with Gasteiger partial charge in [0, 0.05) is 12.7 Å². The molecular weight excluding hydrogens is 316 g/mol. The quantitative estimate of drug-likeness (QED) is 0.304. The van der Waals surface area contributed by atoms with Crippen molar-refractivity contribution in [2.75, 3.05) is 13.2 Å². The van der Waals surface area contributed by atoms with Gasteiger partial charge in [-0.25, -0.2) is 4.79 Å². The fourth-order valence-corrected chi connectivity index (χ4v) is 2.24. The molecule has 0 aliphatic heterocycles. The lowest BCUT2D eigenvalue weighted by molar-refractivity contribution is -0.128. The summed E-state index contributed by atoms with van der Waals surface area (Å²) in [5, 5.41) is 8.71. The molecule has 2 rings (SSSR count). The smallest absolute Gasteiger partial charge is 0.336 e. The summed E-state index contributed by atoms with van der Waals surface area (Å²) >= 11 is 0. The molecule has 4 heteroatoms. The van der Waals surface area contributed by atoms with E-state index in [9.17, 15) is 4.79 Å². The number of unbranched alkanes of at least 4 members (excludes halogenated alkanes) is 3. The molecule has 0 bridgehead atoms. The molecule has 4 nitrogen and oxygen atoms in total. The van der Waals surface area contributed by atoms with Crippen LogP contribution in [0, 0.1) is 0 Å². The summed E-state index contributed by atoms with van der Waals surface area (Å²) in [5.74, 6) is 0.931. The van der Waals surface area contributed by atoms with Gasteiger partial charge in [0.15, 0.2) is 0 Å². The van der Waals surface area contributed by atoms with E-state index in [1.807, 2.05) is 42.5 Å². The lowest BCUT2D eigenvalue weighted by Crippen LogP contribution is -2.03. The van der Waals surface area contributed by atoms with E-state index < -0.39 is 5.97 Å². The average molecular weight is 340 g/mol. The minimum Gasteiger partial charge on any atom is -0.494 e. The van der Waals surface area contributed by atoms with E-state index in [-0.39, 0.29) is 6.61 Å². The fourth-order valence-electron chi connectivity index (χ4n) is 2.24. The third-order valence-corrected chi connectivity index (χ3v) is 3.57. The second-order valence-corrected chi connectivity index (χ2v) is 5.62. The van der Waals surface area contributed by atoms with Crippen LogP contribution >= 0.6 is 0 Å². The van der Waals surface area contributed by atoms with Gasteiger partial charge >= 0.3 is 5.97 Å². The molecule has 2 aromatic rings. The largest absolute Gasteiger partial charge is 0.494 e. The van der Waals surface area contributed by atoms with Crippen molar-refractivity contribution in [1.29, 1.82) is 0 Å². The predicted molar refractivity (Wildman–Crippen MR) is 98.6 cm³/mol. The lowest BCUT2D eigenvalue weighted by Gasteiger charge is -2.06. The Kier molecular flexibility index (Phi) is 8.29. The highest BCUT2D eigenvalue weighted by Gasteiger charge is 1.99. The van der Waals surface area contributed by atoms with Crippen LogP contribution in [0.4, 0.5) is 0 Å². The maximum atomic E-state index is 11.8. The van der Waals surface area contributed by atoms with Gasteiger partial charge in [0.25, 0.3) is 0 Å². The van der Waals surface area contributed by atoms with Crippen molar-refractivity contribution in [2.45, 2.75) is 25.7 Å². The van der Waals surface area contributed by atoms with Gasteiger partial charge < -0.3 is 14.6 Å². The van der Waals surface area contributed by atoms with E-state index in [2.05, 4.69) is 0 Å². The highest BCUT2D eigenvalue weighted by Crippen LogP contribution is 2.14. The Labute approximate surface area is 148 Å². The van der Waals surface area contributed by atoms with Crippen LogP contribution in [0.1, 0.15) is 31.2 Å². The van der Waals surface area contributed by atoms with E-state index in [1.54, 1.807) is 18.2 Å².